The molecule has 0 saturated carbocycles. The van der Waals surface area contributed by atoms with Crippen molar-refractivity contribution >= 4 is 12.4 Å². The van der Waals surface area contributed by atoms with Crippen LogP contribution in [0.3, 0.4) is 0 Å². The number of rotatable bonds is 6. The maximum atomic E-state index is 10.3. The summed E-state index contributed by atoms with van der Waals surface area (Å²) < 4.78 is 4.81. The summed E-state index contributed by atoms with van der Waals surface area (Å²) in [5.41, 5.74) is 0. The first-order valence-electron chi connectivity index (χ1n) is 3.22. The van der Waals surface area contributed by atoms with E-state index < -0.39 is 12.0 Å². The van der Waals surface area contributed by atoms with Gasteiger partial charge in [-0.2, -0.15) is 0 Å². The van der Waals surface area contributed by atoms with Gasteiger partial charge in [-0.3, -0.25) is 4.79 Å². The number of amides is 1. The quantitative estimate of drug-likeness (QED) is 0.501. The Labute approximate surface area is 64.3 Å². The van der Waals surface area contributed by atoms with E-state index in [1.165, 1.54) is 0 Å². The lowest BCUT2D eigenvalue weighted by Crippen LogP contribution is -2.39. The molecule has 0 radical (unpaired) electrons. The fourth-order valence-electron chi connectivity index (χ4n) is 0.509. The molecule has 1 atom stereocenters. The van der Waals surface area contributed by atoms with Gasteiger partial charge >= 0.3 is 5.97 Å². The molecule has 0 aromatic rings. The van der Waals surface area contributed by atoms with Gasteiger partial charge < -0.3 is 15.2 Å². The van der Waals surface area contributed by atoms with Crippen molar-refractivity contribution in [2.75, 3.05) is 13.2 Å². The first-order chi connectivity index (χ1) is 5.22. The van der Waals surface area contributed by atoms with Crippen LogP contribution < -0.4 is 5.32 Å². The zero-order valence-corrected chi connectivity index (χ0v) is 6.24. The van der Waals surface area contributed by atoms with Gasteiger partial charge in [0.2, 0.25) is 6.41 Å². The van der Waals surface area contributed by atoms with E-state index in [0.717, 1.165) is 0 Å². The van der Waals surface area contributed by atoms with E-state index in [9.17, 15) is 9.59 Å². The van der Waals surface area contributed by atoms with Crippen LogP contribution in [0.15, 0.2) is 0 Å². The van der Waals surface area contributed by atoms with Gasteiger partial charge in [0.25, 0.3) is 0 Å². The van der Waals surface area contributed by atoms with E-state index in [0.29, 0.717) is 13.0 Å². The van der Waals surface area contributed by atoms with Gasteiger partial charge in [0.1, 0.15) is 6.04 Å². The zero-order chi connectivity index (χ0) is 8.69. The molecule has 0 rings (SSSR count). The molecular formula is C6H11NO4. The van der Waals surface area contributed by atoms with Crippen LogP contribution in [0.5, 0.6) is 0 Å². The van der Waals surface area contributed by atoms with Crippen LogP contribution in [0.2, 0.25) is 0 Å². The Morgan fingerprint density at radius 2 is 2.45 bits per heavy atom. The molecule has 0 fully saturated rings. The Hall–Kier alpha value is -1.10. The minimum Gasteiger partial charge on any atom is -0.480 e. The lowest BCUT2D eigenvalue weighted by atomic mass is 10.3. The Balaban J connectivity index is 3.69. The Kier molecular flexibility index (Phi) is 5.10. The highest BCUT2D eigenvalue weighted by Gasteiger charge is 2.15. The second-order valence-corrected chi connectivity index (χ2v) is 1.83. The SMILES string of the molecule is CCOCC(NC=O)C(=O)O. The molecule has 1 unspecified atom stereocenters. The largest absolute Gasteiger partial charge is 0.480 e. The molecule has 0 aromatic carbocycles. The summed E-state index contributed by atoms with van der Waals surface area (Å²) in [4.78, 5) is 20.1. The molecule has 0 aromatic heterocycles. The molecule has 11 heavy (non-hydrogen) atoms. The van der Waals surface area contributed by atoms with Gasteiger partial charge in [-0.15, -0.1) is 0 Å². The van der Waals surface area contributed by atoms with Crippen molar-refractivity contribution in [2.24, 2.45) is 0 Å². The number of hydrogen-bond acceptors (Lipinski definition) is 3. The third-order valence-electron chi connectivity index (χ3n) is 1.06. The van der Waals surface area contributed by atoms with Crippen molar-refractivity contribution in [3.8, 4) is 0 Å². The Morgan fingerprint density at radius 3 is 2.82 bits per heavy atom. The number of ether oxygens (including phenoxy) is 1. The number of aliphatic carboxylic acids is 1. The van der Waals surface area contributed by atoms with Gasteiger partial charge in [-0.25, -0.2) is 4.79 Å². The molecular weight excluding hydrogens is 150 g/mol. The van der Waals surface area contributed by atoms with Gasteiger partial charge in [-0.1, -0.05) is 0 Å². The normalized spacial score (nSPS) is 12.1. The molecule has 1 amide bonds. The summed E-state index contributed by atoms with van der Waals surface area (Å²) >= 11 is 0. The molecule has 64 valence electrons. The van der Waals surface area contributed by atoms with E-state index in [1.807, 2.05) is 0 Å². The van der Waals surface area contributed by atoms with Crippen molar-refractivity contribution in [1.82, 2.24) is 5.32 Å². The summed E-state index contributed by atoms with van der Waals surface area (Å²) in [5, 5.41) is 10.5. The second-order valence-electron chi connectivity index (χ2n) is 1.83. The van der Waals surface area contributed by atoms with Crippen LogP contribution in [-0.4, -0.2) is 36.7 Å². The first-order valence-corrected chi connectivity index (χ1v) is 3.22. The summed E-state index contributed by atoms with van der Waals surface area (Å²) in [6.07, 6.45) is 0.345. The van der Waals surface area contributed by atoms with Crippen molar-refractivity contribution in [1.29, 1.82) is 0 Å². The number of carboxylic acid groups (broad SMARTS) is 1. The van der Waals surface area contributed by atoms with E-state index in [1.54, 1.807) is 6.92 Å². The fraction of sp³-hybridized carbons (Fsp3) is 0.667. The average Bonchev–Trinajstić information content (AvgIpc) is 1.97. The van der Waals surface area contributed by atoms with Gasteiger partial charge in [-0.05, 0) is 6.92 Å². The van der Waals surface area contributed by atoms with Crippen LogP contribution in [0.25, 0.3) is 0 Å². The monoisotopic (exact) mass is 161 g/mol. The maximum absolute atomic E-state index is 10.3. The van der Waals surface area contributed by atoms with Gasteiger partial charge in [0, 0.05) is 6.61 Å². The molecule has 0 aliphatic carbocycles. The highest BCUT2D eigenvalue weighted by molar-refractivity contribution is 5.76. The number of carbonyl (C=O) groups is 2. The topological polar surface area (TPSA) is 75.6 Å². The molecule has 5 heteroatoms. The van der Waals surface area contributed by atoms with E-state index in [4.69, 9.17) is 9.84 Å². The van der Waals surface area contributed by atoms with Crippen molar-refractivity contribution in [2.45, 2.75) is 13.0 Å². The van der Waals surface area contributed by atoms with Crippen LogP contribution >= 0.6 is 0 Å². The Morgan fingerprint density at radius 1 is 1.82 bits per heavy atom. The summed E-state index contributed by atoms with van der Waals surface area (Å²) in [6, 6.07) is -0.938. The molecule has 0 aliphatic heterocycles. The molecule has 0 heterocycles. The highest BCUT2D eigenvalue weighted by atomic mass is 16.5. The third kappa shape index (κ3) is 4.32. The van der Waals surface area contributed by atoms with Crippen LogP contribution in [-0.2, 0) is 14.3 Å². The number of nitrogens with one attached hydrogen (secondary N) is 1. The van der Waals surface area contributed by atoms with Gasteiger partial charge in [0.05, 0.1) is 6.61 Å². The van der Waals surface area contributed by atoms with E-state index >= 15 is 0 Å². The highest BCUT2D eigenvalue weighted by Crippen LogP contribution is 1.84. The molecule has 0 aliphatic rings. The molecule has 5 nitrogen and oxygen atoms in total. The molecule has 0 spiro atoms. The predicted octanol–water partition coefficient (Wildman–Crippen LogP) is -0.778. The number of hydrogen-bond donors (Lipinski definition) is 2. The van der Waals surface area contributed by atoms with Crippen molar-refractivity contribution in [3.05, 3.63) is 0 Å². The fourth-order valence-corrected chi connectivity index (χ4v) is 0.509. The number of carbonyl (C=O) groups excluding carboxylic acids is 1. The van der Waals surface area contributed by atoms with Gasteiger partial charge in [0.15, 0.2) is 0 Å². The predicted molar refractivity (Wildman–Crippen MR) is 37.1 cm³/mol. The summed E-state index contributed by atoms with van der Waals surface area (Å²) in [6.45, 7) is 2.19. The minimum absolute atomic E-state index is 0.00454. The third-order valence-corrected chi connectivity index (χ3v) is 1.06. The Bertz CT molecular complexity index is 137. The van der Waals surface area contributed by atoms with Crippen LogP contribution in [0.1, 0.15) is 6.92 Å². The molecule has 2 N–H and O–H groups in total. The van der Waals surface area contributed by atoms with E-state index in [-0.39, 0.29) is 6.61 Å². The van der Waals surface area contributed by atoms with Crippen molar-refractivity contribution < 1.29 is 19.4 Å². The standard InChI is InChI=1S/C6H11NO4/c1-2-11-3-5(6(9)10)7-4-8/h4-5H,2-3H2,1H3,(H,7,8)(H,9,10). The van der Waals surface area contributed by atoms with Crippen molar-refractivity contribution in [3.63, 3.8) is 0 Å². The first kappa shape index (κ1) is 9.90. The smallest absolute Gasteiger partial charge is 0.328 e. The summed E-state index contributed by atoms with van der Waals surface area (Å²) in [7, 11) is 0. The average molecular weight is 161 g/mol. The second kappa shape index (κ2) is 5.67. The van der Waals surface area contributed by atoms with Crippen LogP contribution in [0, 0.1) is 0 Å². The summed E-state index contributed by atoms with van der Waals surface area (Å²) in [5.74, 6) is -1.09. The zero-order valence-electron chi connectivity index (χ0n) is 6.24. The van der Waals surface area contributed by atoms with E-state index in [2.05, 4.69) is 5.32 Å². The lowest BCUT2D eigenvalue weighted by molar-refractivity contribution is -0.142. The maximum Gasteiger partial charge on any atom is 0.328 e. The minimum atomic E-state index is -1.09. The molecule has 0 bridgehead atoms. The van der Waals surface area contributed by atoms with Crippen LogP contribution in [0.4, 0.5) is 0 Å². The molecule has 0 saturated heterocycles. The number of carboxylic acids is 1. The lowest BCUT2D eigenvalue weighted by Gasteiger charge is -2.09.